The molecule has 0 radical (unpaired) electrons. The first-order valence-corrected chi connectivity index (χ1v) is 9.80. The first kappa shape index (κ1) is 13.1. The lowest BCUT2D eigenvalue weighted by Crippen LogP contribution is -2.13. The molecule has 2 aromatic carbocycles. The Morgan fingerprint density at radius 2 is 1.77 bits per heavy atom. The smallest absolute Gasteiger partial charge is 0.322 e. The van der Waals surface area contributed by atoms with Gasteiger partial charge in [0.05, 0.1) is 56.2 Å². The topological polar surface area (TPSA) is 120 Å². The minimum absolute atomic E-state index is 0.0795. The molecule has 2 aromatic rings. The Morgan fingerprint density at radius 3 is 2.39 bits per heavy atom. The van der Waals surface area contributed by atoms with Crippen LogP contribution in [0.2, 0.25) is 0 Å². The molecular formula is C21H25NO8S. The van der Waals surface area contributed by atoms with Crippen molar-refractivity contribution in [1.29, 1.82) is 0 Å². The summed E-state index contributed by atoms with van der Waals surface area (Å²) in [5, 5.41) is 11.4. The zero-order chi connectivity index (χ0) is 31.6. The van der Waals surface area contributed by atoms with Gasteiger partial charge in [-0.2, -0.15) is 0 Å². The fourth-order valence-electron chi connectivity index (χ4n) is 2.37. The van der Waals surface area contributed by atoms with E-state index in [1.807, 2.05) is 5.32 Å². The van der Waals surface area contributed by atoms with Crippen LogP contribution in [0, 0.1) is 0 Å². The van der Waals surface area contributed by atoms with Crippen LogP contribution < -0.4 is 24.3 Å². The number of carboxylic acid groups (broad SMARTS) is 1. The number of carbonyl (C=O) groups is 1. The van der Waals surface area contributed by atoms with Crippen LogP contribution in [0.15, 0.2) is 35.7 Å². The number of hydrogen-bond donors (Lipinski definition) is 2. The Balaban J connectivity index is 2.64. The molecular weight excluding hydrogens is 426 g/mol. The van der Waals surface area contributed by atoms with Crippen LogP contribution in [0.1, 0.15) is 24.8 Å². The average molecular weight is 462 g/mol. The Kier molecular flexibility index (Phi) is 4.47. The quantitative estimate of drug-likeness (QED) is 0.520. The first-order chi connectivity index (χ1) is 18.5. The van der Waals surface area contributed by atoms with Crippen molar-refractivity contribution >= 4 is 27.6 Å². The number of sulfone groups is 1. The van der Waals surface area contributed by atoms with Crippen molar-refractivity contribution in [1.82, 2.24) is 0 Å². The van der Waals surface area contributed by atoms with Crippen molar-refractivity contribution < 1.29 is 51.0 Å². The molecule has 0 unspecified atom stereocenters. The van der Waals surface area contributed by atoms with Crippen LogP contribution in [-0.2, 0) is 20.3 Å². The van der Waals surface area contributed by atoms with Crippen LogP contribution in [-0.4, -0.2) is 54.3 Å². The summed E-state index contributed by atoms with van der Waals surface area (Å²) in [6.07, 6.45) is 0.834. The van der Waals surface area contributed by atoms with Crippen molar-refractivity contribution in [3.05, 3.63) is 46.9 Å². The zero-order valence-electron chi connectivity index (χ0n) is 26.3. The summed E-state index contributed by atoms with van der Waals surface area (Å²) >= 11 is 0. The van der Waals surface area contributed by atoms with E-state index in [0.29, 0.717) is 11.5 Å². The molecule has 2 rings (SSSR count). The van der Waals surface area contributed by atoms with Gasteiger partial charge >= 0.3 is 5.97 Å². The van der Waals surface area contributed by atoms with Crippen LogP contribution >= 0.6 is 0 Å². The summed E-state index contributed by atoms with van der Waals surface area (Å²) < 4.78 is 122. The van der Waals surface area contributed by atoms with Crippen LogP contribution in [0.3, 0.4) is 0 Å². The highest BCUT2D eigenvalue weighted by molar-refractivity contribution is 7.93. The van der Waals surface area contributed by atoms with E-state index in [-0.39, 0.29) is 22.8 Å². The van der Waals surface area contributed by atoms with Crippen molar-refractivity contribution in [2.45, 2.75) is 5.70 Å². The number of benzene rings is 2. The maximum Gasteiger partial charge on any atom is 0.322 e. The highest BCUT2D eigenvalue weighted by Gasteiger charge is 2.15. The molecule has 0 amide bonds. The molecule has 0 spiro atoms. The SMILES string of the molecule is [2H]C([2H])([2H])Oc1ccc(C([2H])([2H])S(=O)(=O)/C=C/c2c(OC)cc(OC)cc2OC([2H])([2H])[2H])cc1NC([2H])([2H])C(=O)O. The highest BCUT2D eigenvalue weighted by atomic mass is 32.2. The third-order valence-corrected chi connectivity index (χ3v) is 4.73. The molecule has 0 atom stereocenters. The molecule has 0 saturated heterocycles. The predicted molar refractivity (Wildman–Crippen MR) is 117 cm³/mol. The number of carboxylic acids is 1. The third-order valence-electron chi connectivity index (χ3n) is 3.71. The Labute approximate surface area is 195 Å². The predicted octanol–water partition coefficient (Wildman–Crippen LogP) is 2.80. The molecule has 0 fully saturated rings. The van der Waals surface area contributed by atoms with E-state index in [4.69, 9.17) is 37.8 Å². The monoisotopic (exact) mass is 461 g/mol. The number of aliphatic carboxylic acids is 1. The van der Waals surface area contributed by atoms with Crippen molar-refractivity contribution in [3.8, 4) is 23.0 Å². The van der Waals surface area contributed by atoms with E-state index in [1.165, 1.54) is 20.3 Å². The maximum atomic E-state index is 13.2. The largest absolute Gasteiger partial charge is 0.496 e. The fraction of sp³-hybridized carbons (Fsp3) is 0.286. The van der Waals surface area contributed by atoms with Crippen LogP contribution in [0.4, 0.5) is 5.69 Å². The van der Waals surface area contributed by atoms with Gasteiger partial charge in [0.1, 0.15) is 29.5 Å². The van der Waals surface area contributed by atoms with Crippen molar-refractivity contribution in [3.63, 3.8) is 0 Å². The number of methoxy groups -OCH3 is 4. The number of hydrogen-bond acceptors (Lipinski definition) is 8. The number of rotatable bonds is 11. The molecule has 10 heteroatoms. The third kappa shape index (κ3) is 6.54. The Morgan fingerprint density at radius 1 is 1.10 bits per heavy atom. The summed E-state index contributed by atoms with van der Waals surface area (Å²) in [6, 6.07) is 4.81. The molecule has 9 nitrogen and oxygen atoms in total. The van der Waals surface area contributed by atoms with E-state index in [0.717, 1.165) is 24.3 Å². The Hall–Kier alpha value is -3.40. The molecule has 168 valence electrons. The lowest BCUT2D eigenvalue weighted by Gasteiger charge is -2.13. The minimum atomic E-state index is -4.96. The average Bonchev–Trinajstić information content (AvgIpc) is 2.81. The van der Waals surface area contributed by atoms with Gasteiger partial charge < -0.3 is 29.4 Å². The van der Waals surface area contributed by atoms with E-state index < -0.39 is 59.1 Å². The van der Waals surface area contributed by atoms with E-state index in [9.17, 15) is 13.2 Å². The molecule has 0 bridgehead atoms. The van der Waals surface area contributed by atoms with Crippen molar-refractivity contribution in [2.75, 3.05) is 40.1 Å². The molecule has 2 N–H and O–H groups in total. The lowest BCUT2D eigenvalue weighted by atomic mass is 10.1. The molecule has 31 heavy (non-hydrogen) atoms. The van der Waals surface area contributed by atoms with Gasteiger partial charge in [0.15, 0.2) is 9.84 Å². The zero-order valence-corrected chi connectivity index (χ0v) is 17.1. The second-order valence-electron chi connectivity index (χ2n) is 5.66. The van der Waals surface area contributed by atoms with Gasteiger partial charge in [-0.1, -0.05) is 6.07 Å². The van der Waals surface area contributed by atoms with E-state index in [1.54, 1.807) is 0 Å². The second-order valence-corrected chi connectivity index (χ2v) is 7.23. The fourth-order valence-corrected chi connectivity index (χ4v) is 3.21. The van der Waals surface area contributed by atoms with Gasteiger partial charge in [0.2, 0.25) is 0 Å². The van der Waals surface area contributed by atoms with E-state index in [2.05, 4.69) is 0 Å². The van der Waals surface area contributed by atoms with Crippen molar-refractivity contribution in [2.24, 2.45) is 0 Å². The standard InChI is InChI=1S/C21H25NO8S/c1-27-15-10-19(29-3)16(20(11-15)30-4)7-8-31(25,26)13-14-5-6-18(28-2)17(9-14)22-12-21(23)24/h5-11,22H,12-13H2,1-4H3,(H,23,24)/b8-7+/i2D3,3D3,12D2,13D2. The molecule has 0 aromatic heterocycles. The normalized spacial score (nSPS) is 17.7. The summed E-state index contributed by atoms with van der Waals surface area (Å²) in [6.45, 7) is -3.19. The highest BCUT2D eigenvalue weighted by Crippen LogP contribution is 2.35. The second kappa shape index (κ2) is 10.6. The van der Waals surface area contributed by atoms with E-state index >= 15 is 0 Å². The first-order valence-electron chi connectivity index (χ1n) is 13.3. The molecule has 0 aliphatic rings. The van der Waals surface area contributed by atoms with Gasteiger partial charge in [-0.05, 0) is 23.8 Å². The summed E-state index contributed by atoms with van der Waals surface area (Å²) in [7, 11) is -8.51. The van der Waals surface area contributed by atoms with Gasteiger partial charge in [-0.25, -0.2) is 8.42 Å². The number of ether oxygens (including phenoxy) is 4. The van der Waals surface area contributed by atoms with Gasteiger partial charge in [-0.3, -0.25) is 4.79 Å². The maximum absolute atomic E-state index is 13.2. The minimum Gasteiger partial charge on any atom is -0.496 e. The lowest BCUT2D eigenvalue weighted by molar-refractivity contribution is -0.134. The number of nitrogens with one attached hydrogen (secondary N) is 1. The molecule has 0 heterocycles. The van der Waals surface area contributed by atoms with Gasteiger partial charge in [0.25, 0.3) is 0 Å². The Bertz CT molecular complexity index is 1420. The summed E-state index contributed by atoms with van der Waals surface area (Å²) in [4.78, 5) is 11.3. The molecule has 0 aliphatic heterocycles. The van der Waals surface area contributed by atoms with Crippen LogP contribution in [0.25, 0.3) is 6.08 Å². The number of anilines is 1. The van der Waals surface area contributed by atoms with Gasteiger partial charge in [-0.15, -0.1) is 0 Å². The van der Waals surface area contributed by atoms with Gasteiger partial charge in [0, 0.05) is 20.3 Å². The summed E-state index contributed by atoms with van der Waals surface area (Å²) in [5.41, 5.74) is -4.80. The molecule has 0 aliphatic carbocycles. The summed E-state index contributed by atoms with van der Waals surface area (Å²) in [5.74, 6) is -2.97. The molecule has 0 saturated carbocycles. The van der Waals surface area contributed by atoms with Crippen LogP contribution in [0.5, 0.6) is 23.0 Å².